The first kappa shape index (κ1) is 10.6. The standard InChI is InChI=1S/C14H17ClO/c15-13-6-8-16-14(10-13)7-5-11-3-1-2-4-12(11)9-14/h1-4,13H,5-10H2. The molecule has 0 aromatic heterocycles. The molecule has 3 rings (SSSR count). The Morgan fingerprint density at radius 3 is 2.88 bits per heavy atom. The molecule has 2 unspecified atom stereocenters. The van der Waals surface area contributed by atoms with Gasteiger partial charge in [0.2, 0.25) is 0 Å². The van der Waals surface area contributed by atoms with Gasteiger partial charge in [-0.2, -0.15) is 0 Å². The molecule has 0 radical (unpaired) electrons. The lowest BCUT2D eigenvalue weighted by atomic mass is 9.76. The molecule has 1 fully saturated rings. The molecule has 1 saturated heterocycles. The van der Waals surface area contributed by atoms with Crippen LogP contribution in [0.2, 0.25) is 0 Å². The SMILES string of the molecule is ClC1CCOC2(CCc3ccccc3C2)C1. The number of ether oxygens (including phenoxy) is 1. The number of rotatable bonds is 0. The van der Waals surface area contributed by atoms with Crippen LogP contribution in [-0.4, -0.2) is 17.6 Å². The Labute approximate surface area is 102 Å². The highest BCUT2D eigenvalue weighted by molar-refractivity contribution is 6.20. The number of hydrogen-bond donors (Lipinski definition) is 0. The van der Waals surface area contributed by atoms with E-state index < -0.39 is 0 Å². The smallest absolute Gasteiger partial charge is 0.0740 e. The third-order valence-electron chi connectivity index (χ3n) is 3.91. The van der Waals surface area contributed by atoms with Gasteiger partial charge in [-0.15, -0.1) is 11.6 Å². The maximum absolute atomic E-state index is 6.29. The summed E-state index contributed by atoms with van der Waals surface area (Å²) >= 11 is 6.29. The van der Waals surface area contributed by atoms with Crippen LogP contribution in [0.1, 0.15) is 30.4 Å². The van der Waals surface area contributed by atoms with Crippen LogP contribution in [-0.2, 0) is 17.6 Å². The number of halogens is 1. The third kappa shape index (κ3) is 1.87. The molecule has 1 aliphatic carbocycles. The summed E-state index contributed by atoms with van der Waals surface area (Å²) in [5, 5.41) is 0.305. The highest BCUT2D eigenvalue weighted by atomic mass is 35.5. The van der Waals surface area contributed by atoms with E-state index in [0.717, 1.165) is 38.7 Å². The van der Waals surface area contributed by atoms with Crippen molar-refractivity contribution in [2.24, 2.45) is 0 Å². The van der Waals surface area contributed by atoms with E-state index in [1.165, 1.54) is 11.1 Å². The number of fused-ring (bicyclic) bond motifs is 1. The van der Waals surface area contributed by atoms with E-state index in [1.807, 2.05) is 0 Å². The zero-order valence-electron chi connectivity index (χ0n) is 9.42. The molecule has 2 heteroatoms. The molecule has 0 bridgehead atoms. The Morgan fingerprint density at radius 2 is 2.06 bits per heavy atom. The van der Waals surface area contributed by atoms with Gasteiger partial charge < -0.3 is 4.74 Å². The Balaban J connectivity index is 1.86. The number of hydrogen-bond acceptors (Lipinski definition) is 1. The van der Waals surface area contributed by atoms with Crippen molar-refractivity contribution >= 4 is 11.6 Å². The van der Waals surface area contributed by atoms with Gasteiger partial charge in [0, 0.05) is 18.4 Å². The summed E-state index contributed by atoms with van der Waals surface area (Å²) in [6, 6.07) is 8.72. The summed E-state index contributed by atoms with van der Waals surface area (Å²) in [5.74, 6) is 0. The molecule has 16 heavy (non-hydrogen) atoms. The molecule has 1 heterocycles. The fraction of sp³-hybridized carbons (Fsp3) is 0.571. The van der Waals surface area contributed by atoms with E-state index in [2.05, 4.69) is 24.3 Å². The van der Waals surface area contributed by atoms with Crippen molar-refractivity contribution in [3.05, 3.63) is 35.4 Å². The van der Waals surface area contributed by atoms with Gasteiger partial charge in [-0.1, -0.05) is 24.3 Å². The normalized spacial score (nSPS) is 33.7. The van der Waals surface area contributed by atoms with Crippen molar-refractivity contribution in [1.82, 2.24) is 0 Å². The first-order valence-corrected chi connectivity index (χ1v) is 6.56. The second-order valence-electron chi connectivity index (χ2n) is 5.07. The zero-order valence-corrected chi connectivity index (χ0v) is 10.2. The lowest BCUT2D eigenvalue weighted by molar-refractivity contribution is -0.0845. The van der Waals surface area contributed by atoms with E-state index in [1.54, 1.807) is 0 Å². The van der Waals surface area contributed by atoms with Gasteiger partial charge in [-0.25, -0.2) is 0 Å². The Hall–Kier alpha value is -0.530. The van der Waals surface area contributed by atoms with Gasteiger partial charge in [0.1, 0.15) is 0 Å². The first-order chi connectivity index (χ1) is 7.77. The predicted octanol–water partition coefficient (Wildman–Crippen LogP) is 3.33. The van der Waals surface area contributed by atoms with Crippen LogP contribution in [0, 0.1) is 0 Å². The van der Waals surface area contributed by atoms with Gasteiger partial charge in [-0.3, -0.25) is 0 Å². The highest BCUT2D eigenvalue weighted by Crippen LogP contribution is 2.39. The molecule has 1 aromatic rings. The Bertz CT molecular complexity index is 390. The minimum Gasteiger partial charge on any atom is -0.375 e. The summed E-state index contributed by atoms with van der Waals surface area (Å²) in [6.07, 6.45) is 5.34. The summed E-state index contributed by atoms with van der Waals surface area (Å²) < 4.78 is 6.05. The topological polar surface area (TPSA) is 9.23 Å². The molecule has 0 saturated carbocycles. The van der Waals surface area contributed by atoms with Crippen molar-refractivity contribution in [2.45, 2.75) is 43.1 Å². The lowest BCUT2D eigenvalue weighted by Gasteiger charge is -2.42. The first-order valence-electron chi connectivity index (χ1n) is 6.12. The minimum atomic E-state index is 0.0407. The molecule has 86 valence electrons. The molecule has 2 aliphatic rings. The summed E-state index contributed by atoms with van der Waals surface area (Å²) in [4.78, 5) is 0. The average Bonchev–Trinajstić information content (AvgIpc) is 2.28. The lowest BCUT2D eigenvalue weighted by Crippen LogP contribution is -2.44. The van der Waals surface area contributed by atoms with Crippen LogP contribution in [0.25, 0.3) is 0 Å². The monoisotopic (exact) mass is 236 g/mol. The molecule has 0 N–H and O–H groups in total. The van der Waals surface area contributed by atoms with Crippen LogP contribution >= 0.6 is 11.6 Å². The quantitative estimate of drug-likeness (QED) is 0.628. The van der Waals surface area contributed by atoms with Crippen LogP contribution in [0.5, 0.6) is 0 Å². The maximum atomic E-state index is 6.29. The number of alkyl halides is 1. The van der Waals surface area contributed by atoms with Crippen LogP contribution < -0.4 is 0 Å². The molecule has 0 amide bonds. The van der Waals surface area contributed by atoms with Crippen molar-refractivity contribution in [3.8, 4) is 0 Å². The van der Waals surface area contributed by atoms with Gasteiger partial charge in [0.05, 0.1) is 5.60 Å². The highest BCUT2D eigenvalue weighted by Gasteiger charge is 2.39. The van der Waals surface area contributed by atoms with Gasteiger partial charge in [0.15, 0.2) is 0 Å². The van der Waals surface area contributed by atoms with Crippen molar-refractivity contribution in [1.29, 1.82) is 0 Å². The molecule has 2 atom stereocenters. The van der Waals surface area contributed by atoms with Gasteiger partial charge >= 0.3 is 0 Å². The summed E-state index contributed by atoms with van der Waals surface area (Å²) in [7, 11) is 0. The van der Waals surface area contributed by atoms with E-state index in [9.17, 15) is 0 Å². The van der Waals surface area contributed by atoms with Crippen LogP contribution in [0.4, 0.5) is 0 Å². The Morgan fingerprint density at radius 1 is 1.25 bits per heavy atom. The fourth-order valence-corrected chi connectivity index (χ4v) is 3.41. The van der Waals surface area contributed by atoms with Crippen molar-refractivity contribution < 1.29 is 4.74 Å². The van der Waals surface area contributed by atoms with Gasteiger partial charge in [0.25, 0.3) is 0 Å². The average molecular weight is 237 g/mol. The zero-order chi connectivity index (χ0) is 11.0. The molecule has 1 nitrogen and oxygen atoms in total. The van der Waals surface area contributed by atoms with E-state index in [4.69, 9.17) is 16.3 Å². The second-order valence-corrected chi connectivity index (χ2v) is 5.68. The minimum absolute atomic E-state index is 0.0407. The Kier molecular flexibility index (Phi) is 2.68. The van der Waals surface area contributed by atoms with Gasteiger partial charge in [-0.05, 0) is 36.8 Å². The van der Waals surface area contributed by atoms with E-state index in [0.29, 0.717) is 5.38 Å². The molecular weight excluding hydrogens is 220 g/mol. The fourth-order valence-electron chi connectivity index (χ4n) is 3.04. The molecule has 1 aliphatic heterocycles. The van der Waals surface area contributed by atoms with E-state index in [-0.39, 0.29) is 5.60 Å². The molecule has 1 aromatic carbocycles. The number of benzene rings is 1. The number of aryl methyl sites for hydroxylation is 1. The van der Waals surface area contributed by atoms with Crippen molar-refractivity contribution in [3.63, 3.8) is 0 Å². The predicted molar refractivity (Wildman–Crippen MR) is 66.0 cm³/mol. The van der Waals surface area contributed by atoms with Crippen LogP contribution in [0.3, 0.4) is 0 Å². The third-order valence-corrected chi connectivity index (χ3v) is 4.29. The summed E-state index contributed by atoms with van der Waals surface area (Å²) in [6.45, 7) is 0.830. The molecule has 1 spiro atoms. The summed E-state index contributed by atoms with van der Waals surface area (Å²) in [5.41, 5.74) is 2.99. The second kappa shape index (κ2) is 4.05. The largest absolute Gasteiger partial charge is 0.375 e. The van der Waals surface area contributed by atoms with Crippen molar-refractivity contribution in [2.75, 3.05) is 6.61 Å². The maximum Gasteiger partial charge on any atom is 0.0740 e. The van der Waals surface area contributed by atoms with E-state index >= 15 is 0 Å². The molecular formula is C14H17ClO. The van der Waals surface area contributed by atoms with Crippen LogP contribution in [0.15, 0.2) is 24.3 Å².